The standard InChI is InChI=1S/C18H29NO4/c1-12-8-9-15-14(11-16(23-15)18(21)22-2)19(12)17(20)10-13-6-4-3-5-7-13/h12-16H,3-11H2,1-2H3/t12-,14-,15+,16+/m1/s1. The zero-order chi connectivity index (χ0) is 16.4. The van der Waals surface area contributed by atoms with Crippen LogP contribution in [-0.4, -0.2) is 48.2 Å². The maximum Gasteiger partial charge on any atom is 0.335 e. The van der Waals surface area contributed by atoms with Gasteiger partial charge < -0.3 is 14.4 Å². The van der Waals surface area contributed by atoms with Crippen LogP contribution in [0.15, 0.2) is 0 Å². The lowest BCUT2D eigenvalue weighted by Gasteiger charge is -2.42. The molecule has 0 spiro atoms. The van der Waals surface area contributed by atoms with Crippen LogP contribution in [0.2, 0.25) is 0 Å². The van der Waals surface area contributed by atoms with Crippen LogP contribution in [0, 0.1) is 5.92 Å². The molecule has 4 atom stereocenters. The van der Waals surface area contributed by atoms with Gasteiger partial charge in [-0.05, 0) is 38.5 Å². The molecule has 3 aliphatic rings. The third-order valence-corrected chi connectivity index (χ3v) is 5.87. The van der Waals surface area contributed by atoms with E-state index in [-0.39, 0.29) is 30.1 Å². The minimum absolute atomic E-state index is 0.00870. The highest BCUT2D eigenvalue weighted by Gasteiger charge is 2.47. The van der Waals surface area contributed by atoms with Crippen molar-refractivity contribution < 1.29 is 19.1 Å². The lowest BCUT2D eigenvalue weighted by molar-refractivity contribution is -0.154. The van der Waals surface area contributed by atoms with Crippen molar-refractivity contribution in [1.29, 1.82) is 0 Å². The van der Waals surface area contributed by atoms with Gasteiger partial charge in [-0.2, -0.15) is 0 Å². The predicted octanol–water partition coefficient (Wildman–Crippen LogP) is 2.67. The molecule has 0 aromatic heterocycles. The molecule has 2 saturated heterocycles. The van der Waals surface area contributed by atoms with E-state index in [0.717, 1.165) is 12.8 Å². The second kappa shape index (κ2) is 7.20. The molecule has 3 rings (SSSR count). The van der Waals surface area contributed by atoms with Gasteiger partial charge in [0.05, 0.1) is 19.3 Å². The highest BCUT2D eigenvalue weighted by Crippen LogP contribution is 2.37. The zero-order valence-electron chi connectivity index (χ0n) is 14.3. The van der Waals surface area contributed by atoms with Crippen molar-refractivity contribution in [3.05, 3.63) is 0 Å². The first-order valence-electron chi connectivity index (χ1n) is 9.14. The molecule has 2 heterocycles. The van der Waals surface area contributed by atoms with E-state index in [0.29, 0.717) is 18.8 Å². The second-order valence-electron chi connectivity index (χ2n) is 7.42. The molecular formula is C18H29NO4. The van der Waals surface area contributed by atoms with Crippen LogP contribution in [0.1, 0.15) is 64.7 Å². The summed E-state index contributed by atoms with van der Waals surface area (Å²) in [5, 5.41) is 0. The highest BCUT2D eigenvalue weighted by atomic mass is 16.6. The summed E-state index contributed by atoms with van der Waals surface area (Å²) in [5.41, 5.74) is 0. The number of ether oxygens (including phenoxy) is 2. The number of methoxy groups -OCH3 is 1. The number of likely N-dealkylation sites (tertiary alicyclic amines) is 1. The first-order valence-corrected chi connectivity index (χ1v) is 9.14. The first kappa shape index (κ1) is 16.7. The van der Waals surface area contributed by atoms with Gasteiger partial charge in [0.2, 0.25) is 5.91 Å². The van der Waals surface area contributed by atoms with E-state index in [2.05, 4.69) is 6.92 Å². The maximum absolute atomic E-state index is 12.9. The van der Waals surface area contributed by atoms with Gasteiger partial charge in [0, 0.05) is 18.9 Å². The second-order valence-corrected chi connectivity index (χ2v) is 7.42. The third kappa shape index (κ3) is 3.54. The minimum atomic E-state index is -0.509. The number of rotatable bonds is 3. The molecule has 130 valence electrons. The summed E-state index contributed by atoms with van der Waals surface area (Å²) in [5.74, 6) is 0.488. The molecule has 0 bridgehead atoms. The number of nitrogens with zero attached hydrogens (tertiary/aromatic N) is 1. The Morgan fingerprint density at radius 1 is 1.13 bits per heavy atom. The Morgan fingerprint density at radius 3 is 2.57 bits per heavy atom. The summed E-state index contributed by atoms with van der Waals surface area (Å²) in [6.07, 6.45) is 8.79. The van der Waals surface area contributed by atoms with Gasteiger partial charge in [0.15, 0.2) is 6.10 Å². The average Bonchev–Trinajstić information content (AvgIpc) is 2.98. The smallest absolute Gasteiger partial charge is 0.335 e. The van der Waals surface area contributed by atoms with Crippen molar-refractivity contribution >= 4 is 11.9 Å². The van der Waals surface area contributed by atoms with Crippen LogP contribution in [0.4, 0.5) is 0 Å². The number of esters is 1. The van der Waals surface area contributed by atoms with Gasteiger partial charge in [-0.1, -0.05) is 19.3 Å². The van der Waals surface area contributed by atoms with Crippen molar-refractivity contribution in [3.8, 4) is 0 Å². The molecule has 3 fully saturated rings. The van der Waals surface area contributed by atoms with E-state index in [1.54, 1.807) is 0 Å². The van der Waals surface area contributed by atoms with Crippen molar-refractivity contribution in [3.63, 3.8) is 0 Å². The molecule has 0 aromatic rings. The van der Waals surface area contributed by atoms with Gasteiger partial charge in [0.1, 0.15) is 0 Å². The van der Waals surface area contributed by atoms with Gasteiger partial charge in [0.25, 0.3) is 0 Å². The summed E-state index contributed by atoms with van der Waals surface area (Å²) < 4.78 is 10.7. The van der Waals surface area contributed by atoms with Crippen LogP contribution in [0.5, 0.6) is 0 Å². The number of fused-ring (bicyclic) bond motifs is 1. The topological polar surface area (TPSA) is 55.8 Å². The summed E-state index contributed by atoms with van der Waals surface area (Å²) in [6, 6.07) is 0.284. The molecule has 0 aromatic carbocycles. The summed E-state index contributed by atoms with van der Waals surface area (Å²) >= 11 is 0. The van der Waals surface area contributed by atoms with Crippen molar-refractivity contribution in [2.45, 2.75) is 89.0 Å². The zero-order valence-corrected chi connectivity index (χ0v) is 14.3. The summed E-state index contributed by atoms with van der Waals surface area (Å²) in [6.45, 7) is 2.13. The van der Waals surface area contributed by atoms with Crippen LogP contribution in [0.25, 0.3) is 0 Å². The largest absolute Gasteiger partial charge is 0.467 e. The lowest BCUT2D eigenvalue weighted by atomic mass is 9.85. The van der Waals surface area contributed by atoms with Crippen LogP contribution >= 0.6 is 0 Å². The van der Waals surface area contributed by atoms with E-state index in [1.807, 2.05) is 4.90 Å². The maximum atomic E-state index is 12.9. The Kier molecular flexibility index (Phi) is 5.24. The molecule has 0 N–H and O–H groups in total. The van der Waals surface area contributed by atoms with Crippen molar-refractivity contribution in [1.82, 2.24) is 4.90 Å². The predicted molar refractivity (Wildman–Crippen MR) is 85.8 cm³/mol. The number of amides is 1. The van der Waals surface area contributed by atoms with E-state index >= 15 is 0 Å². The first-order chi connectivity index (χ1) is 11.1. The van der Waals surface area contributed by atoms with E-state index in [4.69, 9.17) is 9.47 Å². The van der Waals surface area contributed by atoms with Crippen molar-refractivity contribution in [2.75, 3.05) is 7.11 Å². The normalized spacial score (nSPS) is 35.0. The average molecular weight is 323 g/mol. The fraction of sp³-hybridized carbons (Fsp3) is 0.889. The van der Waals surface area contributed by atoms with Gasteiger partial charge >= 0.3 is 5.97 Å². The Labute approximate surface area is 138 Å². The molecule has 5 heteroatoms. The van der Waals surface area contributed by atoms with E-state index in [9.17, 15) is 9.59 Å². The van der Waals surface area contributed by atoms with Crippen LogP contribution in [0.3, 0.4) is 0 Å². The molecule has 0 radical (unpaired) electrons. The van der Waals surface area contributed by atoms with Crippen LogP contribution in [-0.2, 0) is 19.1 Å². The molecular weight excluding hydrogens is 294 g/mol. The Bertz CT molecular complexity index is 446. The Balaban J connectivity index is 1.66. The van der Waals surface area contributed by atoms with E-state index < -0.39 is 6.10 Å². The molecule has 2 aliphatic heterocycles. The number of hydrogen-bond acceptors (Lipinski definition) is 4. The fourth-order valence-corrected chi connectivity index (χ4v) is 4.61. The molecule has 23 heavy (non-hydrogen) atoms. The fourth-order valence-electron chi connectivity index (χ4n) is 4.61. The van der Waals surface area contributed by atoms with Gasteiger partial charge in [-0.15, -0.1) is 0 Å². The van der Waals surface area contributed by atoms with Gasteiger partial charge in [-0.25, -0.2) is 4.79 Å². The summed E-state index contributed by atoms with van der Waals surface area (Å²) in [4.78, 5) is 26.7. The quantitative estimate of drug-likeness (QED) is 0.749. The van der Waals surface area contributed by atoms with Crippen LogP contribution < -0.4 is 0 Å². The number of carbonyl (C=O) groups is 2. The number of hydrogen-bond donors (Lipinski definition) is 0. The minimum Gasteiger partial charge on any atom is -0.467 e. The Morgan fingerprint density at radius 2 is 1.87 bits per heavy atom. The van der Waals surface area contributed by atoms with Crippen molar-refractivity contribution in [2.24, 2.45) is 5.92 Å². The lowest BCUT2D eigenvalue weighted by Crippen LogP contribution is -2.53. The molecule has 1 amide bonds. The molecule has 1 saturated carbocycles. The molecule has 5 nitrogen and oxygen atoms in total. The Hall–Kier alpha value is -1.10. The molecule has 0 unspecified atom stereocenters. The number of piperidine rings is 1. The highest BCUT2D eigenvalue weighted by molar-refractivity contribution is 5.78. The van der Waals surface area contributed by atoms with Gasteiger partial charge in [-0.3, -0.25) is 4.79 Å². The molecule has 1 aliphatic carbocycles. The monoisotopic (exact) mass is 323 g/mol. The SMILES string of the molecule is COC(=O)[C@@H]1C[C@@H]2[C@H](CC[C@@H](C)N2C(=O)CC2CCCCC2)O1. The third-order valence-electron chi connectivity index (χ3n) is 5.87. The number of carbonyl (C=O) groups excluding carboxylic acids is 2. The van der Waals surface area contributed by atoms with E-state index in [1.165, 1.54) is 39.2 Å². The summed E-state index contributed by atoms with van der Waals surface area (Å²) in [7, 11) is 1.39.